The number of rotatable bonds is 3. The topological polar surface area (TPSA) is 49.2 Å². The number of alkyl halides is 6. The second kappa shape index (κ2) is 7.22. The van der Waals surface area contributed by atoms with Crippen LogP contribution in [-0.4, -0.2) is 24.2 Å². The first kappa shape index (κ1) is 19.8. The van der Waals surface area contributed by atoms with Crippen LogP contribution < -0.4 is 9.64 Å². The SMILES string of the molecule is N#Cc1cc(C(F)(F)F)ccc1N1CC[C@H](Oc2ccc(C(F)(F)F)cn2)C1. The number of benzene rings is 1. The molecule has 0 bridgehead atoms. The first-order chi connectivity index (χ1) is 13.1. The van der Waals surface area contributed by atoms with E-state index >= 15 is 0 Å². The molecule has 0 amide bonds. The third-order valence-electron chi connectivity index (χ3n) is 4.28. The van der Waals surface area contributed by atoms with Gasteiger partial charge in [-0.2, -0.15) is 31.6 Å². The van der Waals surface area contributed by atoms with E-state index < -0.39 is 29.6 Å². The predicted molar refractivity (Wildman–Crippen MR) is 86.6 cm³/mol. The maximum Gasteiger partial charge on any atom is 0.417 e. The lowest BCUT2D eigenvalue weighted by Crippen LogP contribution is -2.25. The predicted octanol–water partition coefficient (Wildman–Crippen LogP) is 4.65. The molecular weight excluding hydrogens is 388 g/mol. The zero-order valence-corrected chi connectivity index (χ0v) is 14.2. The average Bonchev–Trinajstić information content (AvgIpc) is 3.08. The van der Waals surface area contributed by atoms with Crippen LogP contribution in [0.4, 0.5) is 32.0 Å². The largest absolute Gasteiger partial charge is 0.472 e. The number of hydrogen-bond donors (Lipinski definition) is 0. The number of hydrogen-bond acceptors (Lipinski definition) is 4. The zero-order chi connectivity index (χ0) is 20.5. The number of pyridine rings is 1. The van der Waals surface area contributed by atoms with Crippen molar-refractivity contribution in [3.63, 3.8) is 0 Å². The molecule has 1 aliphatic rings. The van der Waals surface area contributed by atoms with Crippen LogP contribution in [0, 0.1) is 11.3 Å². The lowest BCUT2D eigenvalue weighted by atomic mass is 10.1. The van der Waals surface area contributed by atoms with Crippen molar-refractivity contribution in [2.24, 2.45) is 0 Å². The van der Waals surface area contributed by atoms with Gasteiger partial charge in [-0.1, -0.05) is 0 Å². The summed E-state index contributed by atoms with van der Waals surface area (Å²) in [6, 6.07) is 6.68. The molecule has 1 aromatic carbocycles. The Morgan fingerprint density at radius 2 is 1.71 bits per heavy atom. The van der Waals surface area contributed by atoms with Crippen molar-refractivity contribution in [1.29, 1.82) is 5.26 Å². The van der Waals surface area contributed by atoms with Gasteiger partial charge >= 0.3 is 12.4 Å². The summed E-state index contributed by atoms with van der Waals surface area (Å²) in [5.41, 5.74) is -1.56. The highest BCUT2D eigenvalue weighted by Gasteiger charge is 2.33. The lowest BCUT2D eigenvalue weighted by Gasteiger charge is -2.21. The normalized spacial score (nSPS) is 17.5. The van der Waals surface area contributed by atoms with Crippen molar-refractivity contribution < 1.29 is 31.1 Å². The minimum Gasteiger partial charge on any atom is -0.472 e. The summed E-state index contributed by atoms with van der Waals surface area (Å²) in [6.45, 7) is 0.689. The number of nitrogens with zero attached hydrogens (tertiary/aromatic N) is 3. The summed E-state index contributed by atoms with van der Waals surface area (Å²) in [6.07, 6.45) is -8.31. The molecule has 0 saturated carbocycles. The van der Waals surface area contributed by atoms with E-state index in [-0.39, 0.29) is 18.0 Å². The van der Waals surface area contributed by atoms with Gasteiger partial charge in [-0.25, -0.2) is 4.98 Å². The standard InChI is InChI=1S/C18H13F6N3O/c19-17(20,21)12-1-3-15(11(7-12)8-25)27-6-5-14(10-27)28-16-4-2-13(9-26-16)18(22,23)24/h1-4,7,9,14H,5-6,10H2/t14-/m0/s1. The van der Waals surface area contributed by atoms with Gasteiger partial charge < -0.3 is 9.64 Å². The Bertz CT molecular complexity index is 886. The fraction of sp³-hybridized carbons (Fsp3) is 0.333. The monoisotopic (exact) mass is 401 g/mol. The van der Waals surface area contributed by atoms with Crippen LogP contribution in [0.25, 0.3) is 0 Å². The Kier molecular flexibility index (Phi) is 5.10. The summed E-state index contributed by atoms with van der Waals surface area (Å²) >= 11 is 0. The zero-order valence-electron chi connectivity index (χ0n) is 14.2. The van der Waals surface area contributed by atoms with Gasteiger partial charge in [0.25, 0.3) is 0 Å². The third kappa shape index (κ3) is 4.30. The molecule has 0 unspecified atom stereocenters. The second-order valence-electron chi connectivity index (χ2n) is 6.20. The van der Waals surface area contributed by atoms with Gasteiger partial charge in [-0.15, -0.1) is 0 Å². The van der Waals surface area contributed by atoms with Crippen molar-refractivity contribution in [3.05, 3.63) is 53.2 Å². The Balaban J connectivity index is 1.70. The van der Waals surface area contributed by atoms with Crippen LogP contribution in [0.3, 0.4) is 0 Å². The molecule has 2 heterocycles. The molecule has 1 saturated heterocycles. The quantitative estimate of drug-likeness (QED) is 0.703. The van der Waals surface area contributed by atoms with Crippen molar-refractivity contribution in [3.8, 4) is 11.9 Å². The maximum absolute atomic E-state index is 12.8. The van der Waals surface area contributed by atoms with E-state index in [0.29, 0.717) is 24.8 Å². The highest BCUT2D eigenvalue weighted by molar-refractivity contribution is 5.61. The summed E-state index contributed by atoms with van der Waals surface area (Å²) in [7, 11) is 0. The molecule has 0 spiro atoms. The molecule has 28 heavy (non-hydrogen) atoms. The molecule has 148 valence electrons. The molecular formula is C18H13F6N3O. The number of nitriles is 1. The number of ether oxygens (including phenoxy) is 1. The van der Waals surface area contributed by atoms with Crippen LogP contribution in [0.1, 0.15) is 23.1 Å². The van der Waals surface area contributed by atoms with E-state index in [1.54, 1.807) is 11.0 Å². The molecule has 1 fully saturated rings. The molecule has 3 rings (SSSR count). The summed E-state index contributed by atoms with van der Waals surface area (Å²) < 4.78 is 81.6. The van der Waals surface area contributed by atoms with Gasteiger partial charge in [0.1, 0.15) is 12.2 Å². The van der Waals surface area contributed by atoms with E-state index in [1.165, 1.54) is 6.07 Å². The average molecular weight is 401 g/mol. The molecule has 0 aliphatic carbocycles. The van der Waals surface area contributed by atoms with Crippen molar-refractivity contribution in [1.82, 2.24) is 4.98 Å². The molecule has 1 aliphatic heterocycles. The van der Waals surface area contributed by atoms with Gasteiger partial charge in [0.2, 0.25) is 5.88 Å². The molecule has 0 N–H and O–H groups in total. The van der Waals surface area contributed by atoms with Crippen LogP contribution in [-0.2, 0) is 12.4 Å². The van der Waals surface area contributed by atoms with E-state index in [9.17, 15) is 31.6 Å². The third-order valence-corrected chi connectivity index (χ3v) is 4.28. The van der Waals surface area contributed by atoms with Gasteiger partial charge in [-0.05, 0) is 24.3 Å². The number of aromatic nitrogens is 1. The molecule has 10 heteroatoms. The second-order valence-corrected chi connectivity index (χ2v) is 6.20. The minimum absolute atomic E-state index is 0.0211. The van der Waals surface area contributed by atoms with Crippen LogP contribution in [0.5, 0.6) is 5.88 Å². The molecule has 1 atom stereocenters. The molecule has 2 aromatic rings. The number of anilines is 1. The van der Waals surface area contributed by atoms with Gasteiger partial charge in [0, 0.05) is 25.2 Å². The molecule has 0 radical (unpaired) electrons. The van der Waals surface area contributed by atoms with E-state index in [2.05, 4.69) is 4.98 Å². The minimum atomic E-state index is -4.55. The Labute approximate surface area is 156 Å². The number of halogens is 6. The van der Waals surface area contributed by atoms with Crippen molar-refractivity contribution in [2.75, 3.05) is 18.0 Å². The van der Waals surface area contributed by atoms with Gasteiger partial charge in [0.05, 0.1) is 28.9 Å². The maximum atomic E-state index is 12.8. The summed E-state index contributed by atoms with van der Waals surface area (Å²) in [4.78, 5) is 5.34. The van der Waals surface area contributed by atoms with Gasteiger partial charge in [0.15, 0.2) is 0 Å². The molecule has 1 aromatic heterocycles. The fourth-order valence-electron chi connectivity index (χ4n) is 2.91. The Morgan fingerprint density at radius 3 is 2.29 bits per heavy atom. The lowest BCUT2D eigenvalue weighted by molar-refractivity contribution is -0.138. The first-order valence-corrected chi connectivity index (χ1v) is 8.14. The highest BCUT2D eigenvalue weighted by atomic mass is 19.4. The van der Waals surface area contributed by atoms with Crippen molar-refractivity contribution in [2.45, 2.75) is 24.9 Å². The molecule has 4 nitrogen and oxygen atoms in total. The fourth-order valence-corrected chi connectivity index (χ4v) is 2.91. The van der Waals surface area contributed by atoms with Crippen LogP contribution in [0.15, 0.2) is 36.5 Å². The van der Waals surface area contributed by atoms with Crippen LogP contribution >= 0.6 is 0 Å². The summed E-state index contributed by atoms with van der Waals surface area (Å²) in [5.74, 6) is 0.0211. The summed E-state index contributed by atoms with van der Waals surface area (Å²) in [5, 5.41) is 9.18. The van der Waals surface area contributed by atoms with Crippen molar-refractivity contribution >= 4 is 5.69 Å². The first-order valence-electron chi connectivity index (χ1n) is 8.14. The van der Waals surface area contributed by atoms with Crippen LogP contribution in [0.2, 0.25) is 0 Å². The Hall–Kier alpha value is -2.96. The van der Waals surface area contributed by atoms with E-state index in [0.717, 1.165) is 24.3 Å². The van der Waals surface area contributed by atoms with E-state index in [1.807, 2.05) is 0 Å². The van der Waals surface area contributed by atoms with Gasteiger partial charge in [-0.3, -0.25) is 0 Å². The Morgan fingerprint density at radius 1 is 1.04 bits per heavy atom. The highest BCUT2D eigenvalue weighted by Crippen LogP contribution is 2.34. The van der Waals surface area contributed by atoms with E-state index in [4.69, 9.17) is 4.74 Å². The smallest absolute Gasteiger partial charge is 0.417 e.